The number of amides is 1. The number of benzene rings is 1. The first-order valence-corrected chi connectivity index (χ1v) is 10.7. The summed E-state index contributed by atoms with van der Waals surface area (Å²) in [4.78, 5) is 32.3. The molecule has 8 heteroatoms. The lowest BCUT2D eigenvalue weighted by molar-refractivity contribution is 0.102. The van der Waals surface area contributed by atoms with Gasteiger partial charge in [0.1, 0.15) is 11.6 Å². The maximum Gasteiger partial charge on any atom is 0.256 e. The number of aromatic nitrogens is 4. The minimum atomic E-state index is -0.269. The molecule has 0 bridgehead atoms. The van der Waals surface area contributed by atoms with Gasteiger partial charge in [0.05, 0.1) is 12.3 Å². The number of aromatic amines is 1. The second kappa shape index (κ2) is 8.75. The average molecular weight is 422 g/mol. The predicted octanol–water partition coefficient (Wildman–Crippen LogP) is 3.88. The van der Waals surface area contributed by atoms with Gasteiger partial charge < -0.3 is 10.1 Å². The Balaban J connectivity index is 1.58. The molecule has 2 heterocycles. The summed E-state index contributed by atoms with van der Waals surface area (Å²) in [5, 5.41) is 7.52. The van der Waals surface area contributed by atoms with Crippen LogP contribution < -0.4 is 15.6 Å². The standard InChI is InChI=1S/C23H27N5O3/c1-4-5-12-31-18-10-8-17(9-11-18)22(30)25-20-13-19(16-6-7-16)27-28(20)23-24-15(3)14(2)21(29)26-23/h8-11,13,16H,4-7,12H2,1-3H3,(H,25,30)(H,24,26,29). The number of H-pyrrole nitrogens is 1. The highest BCUT2D eigenvalue weighted by Gasteiger charge is 2.28. The molecule has 1 aliphatic carbocycles. The molecule has 2 aromatic heterocycles. The lowest BCUT2D eigenvalue weighted by Crippen LogP contribution is -2.20. The average Bonchev–Trinajstić information content (AvgIpc) is 3.53. The zero-order chi connectivity index (χ0) is 22.0. The molecule has 8 nitrogen and oxygen atoms in total. The first-order valence-electron chi connectivity index (χ1n) is 10.7. The molecule has 1 saturated carbocycles. The number of nitrogens with one attached hydrogen (secondary N) is 2. The number of rotatable bonds is 8. The van der Waals surface area contributed by atoms with E-state index in [0.29, 0.717) is 35.2 Å². The molecule has 1 fully saturated rings. The van der Waals surface area contributed by atoms with E-state index in [1.165, 1.54) is 4.68 Å². The van der Waals surface area contributed by atoms with E-state index in [4.69, 9.17) is 4.74 Å². The van der Waals surface area contributed by atoms with E-state index >= 15 is 0 Å². The molecule has 0 aliphatic heterocycles. The summed E-state index contributed by atoms with van der Waals surface area (Å²) < 4.78 is 7.16. The van der Waals surface area contributed by atoms with Crippen LogP contribution in [0.15, 0.2) is 35.1 Å². The fourth-order valence-corrected chi connectivity index (χ4v) is 3.18. The Hall–Kier alpha value is -3.42. The summed E-state index contributed by atoms with van der Waals surface area (Å²) >= 11 is 0. The Bertz CT molecular complexity index is 1140. The van der Waals surface area contributed by atoms with Gasteiger partial charge in [-0.3, -0.25) is 14.6 Å². The summed E-state index contributed by atoms with van der Waals surface area (Å²) in [5.41, 5.74) is 2.35. The fourth-order valence-electron chi connectivity index (χ4n) is 3.18. The number of carbonyl (C=O) groups is 1. The summed E-state index contributed by atoms with van der Waals surface area (Å²) in [6, 6.07) is 8.90. The molecule has 1 aromatic carbocycles. The number of hydrogen-bond acceptors (Lipinski definition) is 5. The molecule has 0 spiro atoms. The third kappa shape index (κ3) is 4.68. The van der Waals surface area contributed by atoms with Crippen molar-refractivity contribution >= 4 is 11.7 Å². The van der Waals surface area contributed by atoms with E-state index < -0.39 is 0 Å². The molecular weight excluding hydrogens is 394 g/mol. The summed E-state index contributed by atoms with van der Waals surface area (Å²) in [6.07, 6.45) is 4.20. The number of unbranched alkanes of at least 4 members (excludes halogenated alkanes) is 1. The monoisotopic (exact) mass is 421 g/mol. The summed E-state index contributed by atoms with van der Waals surface area (Å²) in [7, 11) is 0. The number of aryl methyl sites for hydroxylation is 1. The van der Waals surface area contributed by atoms with Crippen LogP contribution in [0.2, 0.25) is 0 Å². The van der Waals surface area contributed by atoms with E-state index in [0.717, 1.165) is 37.1 Å². The van der Waals surface area contributed by atoms with Crippen molar-refractivity contribution in [1.82, 2.24) is 19.7 Å². The third-order valence-electron chi connectivity index (χ3n) is 5.43. The van der Waals surface area contributed by atoms with Crippen LogP contribution in [0, 0.1) is 13.8 Å². The van der Waals surface area contributed by atoms with E-state index in [1.54, 1.807) is 38.1 Å². The van der Waals surface area contributed by atoms with Gasteiger partial charge in [0.25, 0.3) is 11.5 Å². The second-order valence-corrected chi connectivity index (χ2v) is 7.92. The molecule has 2 N–H and O–H groups in total. The van der Waals surface area contributed by atoms with E-state index in [2.05, 4.69) is 27.3 Å². The summed E-state index contributed by atoms with van der Waals surface area (Å²) in [5.74, 6) is 1.61. The van der Waals surface area contributed by atoms with Gasteiger partial charge >= 0.3 is 0 Å². The van der Waals surface area contributed by atoms with E-state index in [-0.39, 0.29) is 17.4 Å². The fraction of sp³-hybridized carbons (Fsp3) is 0.391. The van der Waals surface area contributed by atoms with Gasteiger partial charge in [0.2, 0.25) is 5.95 Å². The van der Waals surface area contributed by atoms with Crippen LogP contribution in [0.3, 0.4) is 0 Å². The van der Waals surface area contributed by atoms with E-state index in [1.807, 2.05) is 6.07 Å². The maximum atomic E-state index is 12.9. The topological polar surface area (TPSA) is 102 Å². The lowest BCUT2D eigenvalue weighted by atomic mass is 10.2. The van der Waals surface area contributed by atoms with Crippen LogP contribution in [-0.4, -0.2) is 32.3 Å². The first-order chi connectivity index (χ1) is 15.0. The van der Waals surface area contributed by atoms with Crippen LogP contribution >= 0.6 is 0 Å². The van der Waals surface area contributed by atoms with Crippen LogP contribution in [0.1, 0.15) is 65.8 Å². The van der Waals surface area contributed by atoms with Crippen LogP contribution in [0.5, 0.6) is 5.75 Å². The molecule has 1 amide bonds. The highest BCUT2D eigenvalue weighted by molar-refractivity contribution is 6.04. The van der Waals surface area contributed by atoms with Crippen molar-refractivity contribution in [2.24, 2.45) is 0 Å². The van der Waals surface area contributed by atoms with Crippen molar-refractivity contribution in [3.05, 3.63) is 63.2 Å². The molecule has 1 aliphatic rings. The number of carbonyl (C=O) groups excluding carboxylic acids is 1. The Morgan fingerprint density at radius 2 is 2.00 bits per heavy atom. The molecule has 0 unspecified atom stereocenters. The molecule has 4 rings (SSSR count). The molecule has 31 heavy (non-hydrogen) atoms. The minimum Gasteiger partial charge on any atom is -0.494 e. The lowest BCUT2D eigenvalue weighted by Gasteiger charge is -2.10. The van der Waals surface area contributed by atoms with Crippen LogP contribution in [-0.2, 0) is 0 Å². The van der Waals surface area contributed by atoms with Gasteiger partial charge in [-0.15, -0.1) is 0 Å². The third-order valence-corrected chi connectivity index (χ3v) is 5.43. The van der Waals surface area contributed by atoms with Crippen molar-refractivity contribution in [2.45, 2.75) is 52.4 Å². The van der Waals surface area contributed by atoms with Gasteiger partial charge in [-0.05, 0) is 57.4 Å². The normalized spacial score (nSPS) is 13.3. The van der Waals surface area contributed by atoms with Crippen LogP contribution in [0.25, 0.3) is 5.95 Å². The maximum absolute atomic E-state index is 12.9. The quantitative estimate of drug-likeness (QED) is 0.538. The van der Waals surface area contributed by atoms with Gasteiger partial charge in [0, 0.05) is 28.8 Å². The number of nitrogens with zero attached hydrogens (tertiary/aromatic N) is 3. The molecule has 162 valence electrons. The zero-order valence-corrected chi connectivity index (χ0v) is 18.1. The zero-order valence-electron chi connectivity index (χ0n) is 18.1. The van der Waals surface area contributed by atoms with Gasteiger partial charge in [-0.1, -0.05) is 13.3 Å². The first kappa shape index (κ1) is 20.8. The van der Waals surface area contributed by atoms with Crippen molar-refractivity contribution in [2.75, 3.05) is 11.9 Å². The second-order valence-electron chi connectivity index (χ2n) is 7.92. The van der Waals surface area contributed by atoms with Crippen molar-refractivity contribution in [1.29, 1.82) is 0 Å². The number of ether oxygens (including phenoxy) is 1. The van der Waals surface area contributed by atoms with Gasteiger partial charge in [0.15, 0.2) is 0 Å². The highest BCUT2D eigenvalue weighted by Crippen LogP contribution is 2.40. The highest BCUT2D eigenvalue weighted by atomic mass is 16.5. The van der Waals surface area contributed by atoms with Gasteiger partial charge in [-0.2, -0.15) is 9.78 Å². The van der Waals surface area contributed by atoms with Crippen molar-refractivity contribution < 1.29 is 9.53 Å². The number of anilines is 1. The molecular formula is C23H27N5O3. The smallest absolute Gasteiger partial charge is 0.256 e. The molecule has 3 aromatic rings. The number of hydrogen-bond donors (Lipinski definition) is 2. The predicted molar refractivity (Wildman–Crippen MR) is 118 cm³/mol. The Labute approximate surface area is 180 Å². The summed E-state index contributed by atoms with van der Waals surface area (Å²) in [6.45, 7) is 6.27. The Morgan fingerprint density at radius 3 is 2.65 bits per heavy atom. The van der Waals surface area contributed by atoms with Gasteiger partial charge in [-0.25, -0.2) is 4.98 Å². The Morgan fingerprint density at radius 1 is 1.26 bits per heavy atom. The minimum absolute atomic E-state index is 0.220. The molecule has 0 radical (unpaired) electrons. The Kier molecular flexibility index (Phi) is 5.88. The van der Waals surface area contributed by atoms with Crippen molar-refractivity contribution in [3.8, 4) is 11.7 Å². The molecule has 0 saturated heterocycles. The van der Waals surface area contributed by atoms with Crippen molar-refractivity contribution in [3.63, 3.8) is 0 Å². The largest absolute Gasteiger partial charge is 0.494 e. The van der Waals surface area contributed by atoms with Crippen LogP contribution in [0.4, 0.5) is 5.82 Å². The molecule has 0 atom stereocenters. The SMILES string of the molecule is CCCCOc1ccc(C(=O)Nc2cc(C3CC3)nn2-c2nc(C)c(C)c(=O)[nH]2)cc1. The van der Waals surface area contributed by atoms with E-state index in [9.17, 15) is 9.59 Å².